The highest BCUT2D eigenvalue weighted by atomic mass is 16.6. The van der Waals surface area contributed by atoms with Crippen molar-refractivity contribution in [3.8, 4) is 11.5 Å². The Labute approximate surface area is 148 Å². The number of fused-ring (bicyclic) bond motifs is 1. The fourth-order valence-electron chi connectivity index (χ4n) is 3.14. The number of carbonyl (C=O) groups excluding carboxylic acids is 1. The maximum absolute atomic E-state index is 12.8. The Morgan fingerprint density at radius 1 is 1.32 bits per heavy atom. The quantitative estimate of drug-likeness (QED) is 0.836. The topological polar surface area (TPSA) is 56.6 Å². The zero-order chi connectivity index (χ0) is 18.0. The first-order chi connectivity index (χ1) is 12.0. The van der Waals surface area contributed by atoms with Crippen molar-refractivity contribution in [2.45, 2.75) is 33.3 Å². The molecule has 0 unspecified atom stereocenters. The maximum Gasteiger partial charge on any atom is 0.227 e. The molecule has 134 valence electrons. The molecule has 0 bridgehead atoms. The van der Waals surface area contributed by atoms with Crippen molar-refractivity contribution in [3.05, 3.63) is 41.2 Å². The third kappa shape index (κ3) is 3.62. The Hall–Kier alpha value is -2.50. The molecule has 0 saturated heterocycles. The average molecular weight is 343 g/mol. The molecule has 0 N–H and O–H groups in total. The third-order valence-corrected chi connectivity index (χ3v) is 4.71. The number of ether oxygens (including phenoxy) is 2. The number of nitrogens with zero attached hydrogens (tertiary/aromatic N) is 3. The Bertz CT molecular complexity index is 769. The Balaban J connectivity index is 1.65. The van der Waals surface area contributed by atoms with Gasteiger partial charge in [-0.15, -0.1) is 0 Å². The number of para-hydroxylation sites is 2. The van der Waals surface area contributed by atoms with Crippen LogP contribution in [-0.4, -0.2) is 46.4 Å². The molecule has 0 radical (unpaired) electrons. The lowest BCUT2D eigenvalue weighted by Crippen LogP contribution is -2.44. The standard InChI is InChI=1S/C19H25N3O3/c1-5-22(19(23)10-16-13(2)20-21(4)14(16)3)11-15-12-24-17-8-6-7-9-18(17)25-15/h6-9,15H,5,10-12H2,1-4H3/t15-/m1/s1. The van der Waals surface area contributed by atoms with Crippen molar-refractivity contribution in [1.82, 2.24) is 14.7 Å². The number of carbonyl (C=O) groups is 1. The van der Waals surface area contributed by atoms with Gasteiger partial charge in [0.15, 0.2) is 17.6 Å². The molecule has 0 aliphatic carbocycles. The van der Waals surface area contributed by atoms with Gasteiger partial charge in [-0.05, 0) is 32.9 Å². The van der Waals surface area contributed by atoms with E-state index in [0.717, 1.165) is 28.5 Å². The van der Waals surface area contributed by atoms with Crippen molar-refractivity contribution >= 4 is 5.91 Å². The minimum Gasteiger partial charge on any atom is -0.486 e. The van der Waals surface area contributed by atoms with Crippen LogP contribution >= 0.6 is 0 Å². The second-order valence-electron chi connectivity index (χ2n) is 6.38. The number of amides is 1. The van der Waals surface area contributed by atoms with Gasteiger partial charge < -0.3 is 14.4 Å². The fourth-order valence-corrected chi connectivity index (χ4v) is 3.14. The molecule has 0 saturated carbocycles. The summed E-state index contributed by atoms with van der Waals surface area (Å²) in [6.07, 6.45) is 0.207. The van der Waals surface area contributed by atoms with Gasteiger partial charge in [-0.25, -0.2) is 0 Å². The molecule has 0 spiro atoms. The molecule has 6 nitrogen and oxygen atoms in total. The Kier molecular flexibility index (Phi) is 4.97. The molecule has 25 heavy (non-hydrogen) atoms. The van der Waals surface area contributed by atoms with Crippen LogP contribution < -0.4 is 9.47 Å². The number of aromatic nitrogens is 2. The van der Waals surface area contributed by atoms with Crippen LogP contribution in [0.3, 0.4) is 0 Å². The van der Waals surface area contributed by atoms with E-state index < -0.39 is 0 Å². The van der Waals surface area contributed by atoms with E-state index in [-0.39, 0.29) is 12.0 Å². The van der Waals surface area contributed by atoms with Crippen molar-refractivity contribution in [3.63, 3.8) is 0 Å². The molecule has 1 aliphatic rings. The first-order valence-electron chi connectivity index (χ1n) is 8.65. The molecule has 1 aromatic heterocycles. The van der Waals surface area contributed by atoms with E-state index in [9.17, 15) is 4.79 Å². The summed E-state index contributed by atoms with van der Waals surface area (Å²) in [6, 6.07) is 7.62. The minimum absolute atomic E-state index is 0.0872. The van der Waals surface area contributed by atoms with Crippen LogP contribution in [0.5, 0.6) is 11.5 Å². The van der Waals surface area contributed by atoms with Crippen molar-refractivity contribution in [1.29, 1.82) is 0 Å². The lowest BCUT2D eigenvalue weighted by molar-refractivity contribution is -0.131. The normalized spacial score (nSPS) is 15.9. The van der Waals surface area contributed by atoms with Gasteiger partial charge in [-0.3, -0.25) is 9.48 Å². The van der Waals surface area contributed by atoms with E-state index in [2.05, 4.69) is 5.10 Å². The highest BCUT2D eigenvalue weighted by Crippen LogP contribution is 2.31. The molecule has 3 rings (SSSR count). The van der Waals surface area contributed by atoms with Gasteiger partial charge in [0.25, 0.3) is 0 Å². The molecule has 2 heterocycles. The molecule has 1 amide bonds. The fraction of sp³-hybridized carbons (Fsp3) is 0.474. The molecule has 1 aromatic carbocycles. The van der Waals surface area contributed by atoms with Gasteiger partial charge in [0.05, 0.1) is 18.7 Å². The van der Waals surface area contributed by atoms with Crippen molar-refractivity contribution in [2.75, 3.05) is 19.7 Å². The van der Waals surface area contributed by atoms with Gasteiger partial charge in [-0.2, -0.15) is 5.10 Å². The van der Waals surface area contributed by atoms with Crippen molar-refractivity contribution < 1.29 is 14.3 Å². The molecule has 1 atom stereocenters. The number of hydrogen-bond donors (Lipinski definition) is 0. The SMILES string of the molecule is CCN(C[C@@H]1COc2ccccc2O1)C(=O)Cc1c(C)nn(C)c1C. The number of hydrogen-bond acceptors (Lipinski definition) is 4. The van der Waals surface area contributed by atoms with E-state index in [4.69, 9.17) is 9.47 Å². The average Bonchev–Trinajstić information content (AvgIpc) is 2.85. The third-order valence-electron chi connectivity index (χ3n) is 4.71. The number of benzene rings is 1. The zero-order valence-corrected chi connectivity index (χ0v) is 15.3. The Morgan fingerprint density at radius 3 is 2.68 bits per heavy atom. The van der Waals surface area contributed by atoms with Crippen LogP contribution in [0.4, 0.5) is 0 Å². The van der Waals surface area contributed by atoms with Crippen LogP contribution in [0.15, 0.2) is 24.3 Å². The van der Waals surface area contributed by atoms with E-state index in [1.165, 1.54) is 0 Å². The summed E-state index contributed by atoms with van der Waals surface area (Å²) in [5, 5.41) is 4.39. The molecule has 1 aliphatic heterocycles. The summed E-state index contributed by atoms with van der Waals surface area (Å²) in [6.45, 7) is 7.53. The van der Waals surface area contributed by atoms with E-state index >= 15 is 0 Å². The summed E-state index contributed by atoms with van der Waals surface area (Å²) in [4.78, 5) is 14.6. The van der Waals surface area contributed by atoms with Crippen molar-refractivity contribution in [2.24, 2.45) is 7.05 Å². The monoisotopic (exact) mass is 343 g/mol. The van der Waals surface area contributed by atoms with E-state index in [1.54, 1.807) is 0 Å². The van der Waals surface area contributed by atoms with Gasteiger partial charge in [0.1, 0.15) is 6.61 Å². The predicted molar refractivity (Wildman–Crippen MR) is 95.0 cm³/mol. The summed E-state index contributed by atoms with van der Waals surface area (Å²) in [5.74, 6) is 1.58. The first kappa shape index (κ1) is 17.3. The van der Waals surface area contributed by atoms with Crippen LogP contribution in [0, 0.1) is 13.8 Å². The second-order valence-corrected chi connectivity index (χ2v) is 6.38. The molecule has 0 fully saturated rings. The number of likely N-dealkylation sites (N-methyl/N-ethyl adjacent to an activating group) is 1. The van der Waals surface area contributed by atoms with E-state index in [0.29, 0.717) is 26.1 Å². The maximum atomic E-state index is 12.8. The summed E-state index contributed by atoms with van der Waals surface area (Å²) >= 11 is 0. The molecule has 2 aromatic rings. The van der Waals surface area contributed by atoms with Crippen LogP contribution in [0.1, 0.15) is 23.9 Å². The summed E-state index contributed by atoms with van der Waals surface area (Å²) in [5.41, 5.74) is 2.96. The number of aryl methyl sites for hydroxylation is 2. The smallest absolute Gasteiger partial charge is 0.227 e. The largest absolute Gasteiger partial charge is 0.486 e. The van der Waals surface area contributed by atoms with Crippen LogP contribution in [0.25, 0.3) is 0 Å². The summed E-state index contributed by atoms with van der Waals surface area (Å²) < 4.78 is 13.5. The Morgan fingerprint density at radius 2 is 2.04 bits per heavy atom. The second kappa shape index (κ2) is 7.17. The lowest BCUT2D eigenvalue weighted by Gasteiger charge is -2.31. The highest BCUT2D eigenvalue weighted by molar-refractivity contribution is 5.79. The predicted octanol–water partition coefficient (Wildman–Crippen LogP) is 2.27. The number of rotatable bonds is 5. The summed E-state index contributed by atoms with van der Waals surface area (Å²) in [7, 11) is 1.90. The van der Waals surface area contributed by atoms with Gasteiger partial charge in [0.2, 0.25) is 5.91 Å². The van der Waals surface area contributed by atoms with Crippen LogP contribution in [0.2, 0.25) is 0 Å². The molecule has 6 heteroatoms. The molecular weight excluding hydrogens is 318 g/mol. The van der Waals surface area contributed by atoms with Crippen LogP contribution in [-0.2, 0) is 18.3 Å². The zero-order valence-electron chi connectivity index (χ0n) is 15.3. The van der Waals surface area contributed by atoms with Gasteiger partial charge in [-0.1, -0.05) is 12.1 Å². The van der Waals surface area contributed by atoms with Gasteiger partial charge >= 0.3 is 0 Å². The van der Waals surface area contributed by atoms with Gasteiger partial charge in [0, 0.05) is 24.8 Å². The minimum atomic E-state index is -0.158. The highest BCUT2D eigenvalue weighted by Gasteiger charge is 2.25. The van der Waals surface area contributed by atoms with E-state index in [1.807, 2.05) is 61.7 Å². The lowest BCUT2D eigenvalue weighted by atomic mass is 10.1. The molecular formula is C19H25N3O3. The first-order valence-corrected chi connectivity index (χ1v) is 8.65.